The molecular formula is C19H15IN2O4. The minimum Gasteiger partial charge on any atom is -0.484 e. The zero-order valence-electron chi connectivity index (χ0n) is 13.9. The zero-order valence-corrected chi connectivity index (χ0v) is 16.0. The number of ether oxygens (including phenoxy) is 2. The van der Waals surface area contributed by atoms with Gasteiger partial charge in [-0.3, -0.25) is 4.79 Å². The van der Waals surface area contributed by atoms with Crippen molar-refractivity contribution in [3.63, 3.8) is 0 Å². The van der Waals surface area contributed by atoms with E-state index in [1.807, 2.05) is 25.1 Å². The predicted octanol–water partition coefficient (Wildman–Crippen LogP) is 2.81. The first-order valence-corrected chi connectivity index (χ1v) is 8.80. The van der Waals surface area contributed by atoms with E-state index in [0.29, 0.717) is 11.6 Å². The van der Waals surface area contributed by atoms with Gasteiger partial charge in [0.25, 0.3) is 5.91 Å². The van der Waals surface area contributed by atoms with Crippen LogP contribution in [0.25, 0.3) is 6.08 Å². The van der Waals surface area contributed by atoms with E-state index < -0.39 is 11.9 Å². The average molecular weight is 462 g/mol. The van der Waals surface area contributed by atoms with E-state index in [-0.39, 0.29) is 12.3 Å². The first-order chi connectivity index (χ1) is 12.4. The standard InChI is InChI=1S/C19H15IN2O4/c1-11-8-13(4-7-15(11)20)18-22-16(19(24)26-18)9-12-2-5-14(6-3-12)25-10-17(21)23/h2-9H,10H2,1H3,(H2,21,23)/b16-9-. The number of benzene rings is 2. The summed E-state index contributed by atoms with van der Waals surface area (Å²) in [5.41, 5.74) is 7.86. The van der Waals surface area contributed by atoms with Crippen LogP contribution in [0.2, 0.25) is 0 Å². The Morgan fingerprint density at radius 2 is 2.00 bits per heavy atom. The van der Waals surface area contributed by atoms with Gasteiger partial charge in [0, 0.05) is 9.13 Å². The molecule has 0 saturated carbocycles. The number of aryl methyl sites for hydroxylation is 1. The maximum absolute atomic E-state index is 12.1. The molecule has 0 aliphatic carbocycles. The third kappa shape index (κ3) is 4.29. The molecule has 0 aromatic heterocycles. The second-order valence-corrected chi connectivity index (χ2v) is 6.79. The molecule has 0 radical (unpaired) electrons. The largest absolute Gasteiger partial charge is 0.484 e. The Kier molecular flexibility index (Phi) is 5.36. The Balaban J connectivity index is 1.79. The van der Waals surface area contributed by atoms with Crippen LogP contribution in [0, 0.1) is 10.5 Å². The van der Waals surface area contributed by atoms with E-state index >= 15 is 0 Å². The number of rotatable bonds is 5. The van der Waals surface area contributed by atoms with Gasteiger partial charge in [0.2, 0.25) is 5.90 Å². The molecule has 0 bridgehead atoms. The van der Waals surface area contributed by atoms with Crippen LogP contribution in [0.1, 0.15) is 16.7 Å². The van der Waals surface area contributed by atoms with Crippen LogP contribution in [0.5, 0.6) is 5.75 Å². The number of hydrogen-bond donors (Lipinski definition) is 1. The summed E-state index contributed by atoms with van der Waals surface area (Å²) in [6.45, 7) is 1.80. The maximum Gasteiger partial charge on any atom is 0.363 e. The number of nitrogens with zero attached hydrogens (tertiary/aromatic N) is 1. The van der Waals surface area contributed by atoms with Gasteiger partial charge in [0.05, 0.1) is 0 Å². The van der Waals surface area contributed by atoms with E-state index in [1.54, 1.807) is 30.3 Å². The number of carbonyl (C=O) groups is 2. The van der Waals surface area contributed by atoms with E-state index in [1.165, 1.54) is 0 Å². The van der Waals surface area contributed by atoms with Crippen molar-refractivity contribution in [2.45, 2.75) is 6.92 Å². The number of carbonyl (C=O) groups excluding carboxylic acids is 2. The fourth-order valence-electron chi connectivity index (χ4n) is 2.28. The van der Waals surface area contributed by atoms with Crippen molar-refractivity contribution in [1.82, 2.24) is 0 Å². The lowest BCUT2D eigenvalue weighted by molar-refractivity contribution is -0.130. The van der Waals surface area contributed by atoms with Crippen molar-refractivity contribution < 1.29 is 19.1 Å². The summed E-state index contributed by atoms with van der Waals surface area (Å²) < 4.78 is 11.6. The van der Waals surface area contributed by atoms with Crippen LogP contribution < -0.4 is 10.5 Å². The molecular weight excluding hydrogens is 447 g/mol. The summed E-state index contributed by atoms with van der Waals surface area (Å²) in [4.78, 5) is 27.1. The van der Waals surface area contributed by atoms with Gasteiger partial charge < -0.3 is 15.2 Å². The number of amides is 1. The second-order valence-electron chi connectivity index (χ2n) is 5.62. The lowest BCUT2D eigenvalue weighted by atomic mass is 10.1. The smallest absolute Gasteiger partial charge is 0.363 e. The molecule has 1 heterocycles. The molecule has 6 nitrogen and oxygen atoms in total. The topological polar surface area (TPSA) is 91.0 Å². The average Bonchev–Trinajstić information content (AvgIpc) is 2.97. The highest BCUT2D eigenvalue weighted by atomic mass is 127. The molecule has 0 fully saturated rings. The van der Waals surface area contributed by atoms with Crippen molar-refractivity contribution in [2.75, 3.05) is 6.61 Å². The summed E-state index contributed by atoms with van der Waals surface area (Å²) in [7, 11) is 0. The fourth-order valence-corrected chi connectivity index (χ4v) is 2.62. The highest BCUT2D eigenvalue weighted by Crippen LogP contribution is 2.22. The Hall–Kier alpha value is -2.68. The van der Waals surface area contributed by atoms with Crippen molar-refractivity contribution in [3.05, 3.63) is 68.4 Å². The molecule has 0 spiro atoms. The highest BCUT2D eigenvalue weighted by molar-refractivity contribution is 14.1. The second kappa shape index (κ2) is 7.69. The fraction of sp³-hybridized carbons (Fsp3) is 0.105. The molecule has 1 aliphatic rings. The van der Waals surface area contributed by atoms with Crippen LogP contribution in [0.15, 0.2) is 53.2 Å². The summed E-state index contributed by atoms with van der Waals surface area (Å²) in [5.74, 6) is -0.233. The number of hydrogen-bond acceptors (Lipinski definition) is 5. The van der Waals surface area contributed by atoms with Gasteiger partial charge >= 0.3 is 5.97 Å². The molecule has 1 aliphatic heterocycles. The van der Waals surface area contributed by atoms with E-state index in [9.17, 15) is 9.59 Å². The van der Waals surface area contributed by atoms with Crippen molar-refractivity contribution in [3.8, 4) is 5.75 Å². The van der Waals surface area contributed by atoms with Crippen LogP contribution in [0.3, 0.4) is 0 Å². The molecule has 2 aromatic carbocycles. The monoisotopic (exact) mass is 462 g/mol. The van der Waals surface area contributed by atoms with Gasteiger partial charge in [-0.25, -0.2) is 9.79 Å². The summed E-state index contributed by atoms with van der Waals surface area (Å²) in [6, 6.07) is 12.6. The Labute approximate surface area is 163 Å². The summed E-state index contributed by atoms with van der Waals surface area (Å²) in [6.07, 6.45) is 1.63. The molecule has 0 atom stereocenters. The SMILES string of the molecule is Cc1cc(C2=N/C(=C\c3ccc(OCC(N)=O)cc3)C(=O)O2)ccc1I. The molecule has 26 heavy (non-hydrogen) atoms. The van der Waals surface area contributed by atoms with Gasteiger partial charge in [0.1, 0.15) is 5.75 Å². The normalized spacial score (nSPS) is 14.9. The van der Waals surface area contributed by atoms with Crippen molar-refractivity contribution in [1.29, 1.82) is 0 Å². The van der Waals surface area contributed by atoms with Gasteiger partial charge in [-0.15, -0.1) is 0 Å². The number of cyclic esters (lactones) is 1. The molecule has 2 aromatic rings. The van der Waals surface area contributed by atoms with Gasteiger partial charge in [-0.2, -0.15) is 0 Å². The molecule has 3 rings (SSSR count). The molecule has 2 N–H and O–H groups in total. The van der Waals surface area contributed by atoms with E-state index in [2.05, 4.69) is 27.6 Å². The van der Waals surface area contributed by atoms with Gasteiger partial charge in [-0.1, -0.05) is 12.1 Å². The van der Waals surface area contributed by atoms with Crippen LogP contribution in [0.4, 0.5) is 0 Å². The molecule has 0 unspecified atom stereocenters. The number of aliphatic imine (C=N–C) groups is 1. The lowest BCUT2D eigenvalue weighted by Crippen LogP contribution is -2.19. The summed E-state index contributed by atoms with van der Waals surface area (Å²) >= 11 is 2.24. The number of halogens is 1. The van der Waals surface area contributed by atoms with Gasteiger partial charge in [0.15, 0.2) is 12.3 Å². The van der Waals surface area contributed by atoms with Crippen molar-refractivity contribution in [2.24, 2.45) is 10.7 Å². The highest BCUT2D eigenvalue weighted by Gasteiger charge is 2.24. The summed E-state index contributed by atoms with van der Waals surface area (Å²) in [5, 5.41) is 0. The number of esters is 1. The van der Waals surface area contributed by atoms with Crippen LogP contribution in [-0.4, -0.2) is 24.4 Å². The van der Waals surface area contributed by atoms with Gasteiger partial charge in [-0.05, 0) is 77.0 Å². The number of nitrogens with two attached hydrogens (primary N) is 1. The Morgan fingerprint density at radius 3 is 2.65 bits per heavy atom. The minimum absolute atomic E-state index is 0.185. The first-order valence-electron chi connectivity index (χ1n) is 7.72. The zero-order chi connectivity index (χ0) is 18.7. The first kappa shape index (κ1) is 18.1. The molecule has 0 saturated heterocycles. The Bertz CT molecular complexity index is 933. The van der Waals surface area contributed by atoms with Crippen molar-refractivity contribution >= 4 is 46.4 Å². The third-order valence-electron chi connectivity index (χ3n) is 3.59. The quantitative estimate of drug-likeness (QED) is 0.421. The maximum atomic E-state index is 12.1. The third-order valence-corrected chi connectivity index (χ3v) is 4.80. The molecule has 7 heteroatoms. The van der Waals surface area contributed by atoms with E-state index in [4.69, 9.17) is 15.2 Å². The lowest BCUT2D eigenvalue weighted by Gasteiger charge is -2.03. The molecule has 1 amide bonds. The minimum atomic E-state index is -0.544. The number of primary amides is 1. The van der Waals surface area contributed by atoms with E-state index in [0.717, 1.165) is 20.3 Å². The Morgan fingerprint density at radius 1 is 1.27 bits per heavy atom. The predicted molar refractivity (Wildman–Crippen MR) is 106 cm³/mol. The molecule has 132 valence electrons. The van der Waals surface area contributed by atoms with Crippen LogP contribution in [-0.2, 0) is 14.3 Å². The van der Waals surface area contributed by atoms with Crippen LogP contribution >= 0.6 is 22.6 Å².